The molecular formula is C7H10O3S2. The first-order valence-corrected chi connectivity index (χ1v) is 5.20. The smallest absolute Gasteiger partial charge is 0.220 e. The highest BCUT2D eigenvalue weighted by atomic mass is 32.2. The van der Waals surface area contributed by atoms with E-state index in [4.69, 9.17) is 26.4 Å². The Bertz CT molecular complexity index is 197. The predicted octanol–water partition coefficient (Wildman–Crippen LogP) is 1.16. The van der Waals surface area contributed by atoms with Gasteiger partial charge in [0.1, 0.15) is 12.2 Å². The van der Waals surface area contributed by atoms with Crippen LogP contribution in [0.25, 0.3) is 0 Å². The van der Waals surface area contributed by atoms with E-state index in [1.54, 1.807) is 7.11 Å². The largest absolute Gasteiger partial charge is 0.472 e. The molecule has 0 bridgehead atoms. The summed E-state index contributed by atoms with van der Waals surface area (Å²) in [6, 6.07) is 0. The molecule has 0 aromatic heterocycles. The molecule has 0 N–H and O–H groups in total. The van der Waals surface area contributed by atoms with Crippen LogP contribution in [0.2, 0.25) is 0 Å². The number of hydrogen-bond donors (Lipinski definition) is 0. The van der Waals surface area contributed by atoms with Gasteiger partial charge in [-0.05, 0) is 12.2 Å². The van der Waals surface area contributed by atoms with Crippen molar-refractivity contribution in [3.63, 3.8) is 0 Å². The molecule has 2 fully saturated rings. The maximum Gasteiger partial charge on any atom is 0.220 e. The Morgan fingerprint density at radius 2 is 2.42 bits per heavy atom. The molecule has 68 valence electrons. The van der Waals surface area contributed by atoms with Gasteiger partial charge in [0.25, 0.3) is 0 Å². The van der Waals surface area contributed by atoms with E-state index >= 15 is 0 Å². The fourth-order valence-electron chi connectivity index (χ4n) is 1.41. The van der Waals surface area contributed by atoms with Crippen LogP contribution >= 0.6 is 24.0 Å². The molecule has 2 heterocycles. The van der Waals surface area contributed by atoms with Crippen LogP contribution in [0.3, 0.4) is 0 Å². The standard InChI is InChI=1S/C7H10O3S2/c1-8-6-2-4-5(9-6)3-12-7(11)10-4/h4-6H,2-3H2,1H3/t4-,5+,6+/m0/s1. The molecule has 0 aromatic carbocycles. The van der Waals surface area contributed by atoms with E-state index < -0.39 is 0 Å². The van der Waals surface area contributed by atoms with Crippen LogP contribution in [0.15, 0.2) is 0 Å². The van der Waals surface area contributed by atoms with E-state index in [1.165, 1.54) is 11.8 Å². The first kappa shape index (κ1) is 8.74. The molecule has 0 spiro atoms. The minimum Gasteiger partial charge on any atom is -0.472 e. The summed E-state index contributed by atoms with van der Waals surface area (Å²) in [5.74, 6) is 0.892. The molecule has 0 aromatic rings. The second kappa shape index (κ2) is 3.49. The zero-order valence-corrected chi connectivity index (χ0v) is 8.32. The Kier molecular flexibility index (Phi) is 2.55. The molecular weight excluding hydrogens is 196 g/mol. The molecule has 0 radical (unpaired) electrons. The van der Waals surface area contributed by atoms with Gasteiger partial charge >= 0.3 is 0 Å². The Morgan fingerprint density at radius 1 is 1.58 bits per heavy atom. The van der Waals surface area contributed by atoms with E-state index in [1.807, 2.05) is 0 Å². The number of hydrogen-bond acceptors (Lipinski definition) is 5. The topological polar surface area (TPSA) is 27.7 Å². The van der Waals surface area contributed by atoms with Crippen LogP contribution in [0.4, 0.5) is 0 Å². The van der Waals surface area contributed by atoms with Gasteiger partial charge in [0.05, 0.1) is 0 Å². The van der Waals surface area contributed by atoms with Crippen LogP contribution in [-0.2, 0) is 14.2 Å². The monoisotopic (exact) mass is 206 g/mol. The van der Waals surface area contributed by atoms with Gasteiger partial charge in [0.15, 0.2) is 6.29 Å². The van der Waals surface area contributed by atoms with Crippen molar-refractivity contribution in [3.05, 3.63) is 0 Å². The van der Waals surface area contributed by atoms with Crippen molar-refractivity contribution >= 4 is 28.4 Å². The first-order valence-electron chi connectivity index (χ1n) is 3.81. The lowest BCUT2D eigenvalue weighted by Gasteiger charge is -2.24. The van der Waals surface area contributed by atoms with Gasteiger partial charge < -0.3 is 14.2 Å². The average Bonchev–Trinajstić information content (AvgIpc) is 2.46. The highest BCUT2D eigenvalue weighted by Gasteiger charge is 2.40. The van der Waals surface area contributed by atoms with Gasteiger partial charge in [-0.3, -0.25) is 0 Å². The summed E-state index contributed by atoms with van der Waals surface area (Å²) in [4.78, 5) is 0. The number of methoxy groups -OCH3 is 1. The maximum absolute atomic E-state index is 5.54. The highest BCUT2D eigenvalue weighted by molar-refractivity contribution is 8.22. The van der Waals surface area contributed by atoms with Crippen molar-refractivity contribution in [2.24, 2.45) is 0 Å². The van der Waals surface area contributed by atoms with Crippen molar-refractivity contribution in [2.75, 3.05) is 12.9 Å². The maximum atomic E-state index is 5.54. The number of thioether (sulfide) groups is 1. The van der Waals surface area contributed by atoms with Crippen molar-refractivity contribution < 1.29 is 14.2 Å². The molecule has 3 atom stereocenters. The molecule has 2 rings (SSSR count). The summed E-state index contributed by atoms with van der Waals surface area (Å²) in [6.45, 7) is 0. The molecule has 0 unspecified atom stereocenters. The Balaban J connectivity index is 1.97. The zero-order valence-electron chi connectivity index (χ0n) is 6.69. The molecule has 3 nitrogen and oxygen atoms in total. The van der Waals surface area contributed by atoms with Crippen LogP contribution < -0.4 is 0 Å². The van der Waals surface area contributed by atoms with Crippen LogP contribution in [0.1, 0.15) is 6.42 Å². The lowest BCUT2D eigenvalue weighted by molar-refractivity contribution is -0.111. The quantitative estimate of drug-likeness (QED) is 0.600. The van der Waals surface area contributed by atoms with E-state index in [2.05, 4.69) is 0 Å². The van der Waals surface area contributed by atoms with Gasteiger partial charge in [0, 0.05) is 19.3 Å². The number of fused-ring (bicyclic) bond motifs is 1. The summed E-state index contributed by atoms with van der Waals surface area (Å²) in [7, 11) is 1.65. The lowest BCUT2D eigenvalue weighted by Crippen LogP contribution is -2.32. The molecule has 2 aliphatic rings. The molecule has 0 amide bonds. The lowest BCUT2D eigenvalue weighted by atomic mass is 10.2. The van der Waals surface area contributed by atoms with Gasteiger partial charge in [0.2, 0.25) is 4.38 Å². The number of rotatable bonds is 1. The highest BCUT2D eigenvalue weighted by Crippen LogP contribution is 2.32. The van der Waals surface area contributed by atoms with E-state index in [9.17, 15) is 0 Å². The first-order chi connectivity index (χ1) is 5.79. The predicted molar refractivity (Wildman–Crippen MR) is 50.2 cm³/mol. The summed E-state index contributed by atoms with van der Waals surface area (Å²) >= 11 is 6.48. The summed E-state index contributed by atoms with van der Waals surface area (Å²) < 4.78 is 16.7. The van der Waals surface area contributed by atoms with Gasteiger partial charge in [-0.15, -0.1) is 0 Å². The Hall–Kier alpha value is 0.160. The normalized spacial score (nSPS) is 40.8. The average molecular weight is 206 g/mol. The molecule has 12 heavy (non-hydrogen) atoms. The minimum atomic E-state index is -0.110. The minimum absolute atomic E-state index is 0.110. The van der Waals surface area contributed by atoms with Crippen LogP contribution in [0, 0.1) is 0 Å². The summed E-state index contributed by atoms with van der Waals surface area (Å²) in [5, 5.41) is 0. The number of ether oxygens (including phenoxy) is 3. The SMILES string of the molecule is CO[C@H]1C[C@@H]2OC(=S)SC[C@H]2O1. The second-order valence-electron chi connectivity index (χ2n) is 2.79. The van der Waals surface area contributed by atoms with E-state index in [0.29, 0.717) is 4.38 Å². The third-order valence-corrected chi connectivity index (χ3v) is 3.32. The summed E-state index contributed by atoms with van der Waals surface area (Å²) in [6.07, 6.45) is 0.957. The van der Waals surface area contributed by atoms with Crippen molar-refractivity contribution in [1.29, 1.82) is 0 Å². The third kappa shape index (κ3) is 1.59. The van der Waals surface area contributed by atoms with E-state index in [0.717, 1.165) is 12.2 Å². The third-order valence-electron chi connectivity index (χ3n) is 2.04. The second-order valence-corrected chi connectivity index (χ2v) is 4.41. The van der Waals surface area contributed by atoms with Crippen LogP contribution in [0.5, 0.6) is 0 Å². The van der Waals surface area contributed by atoms with E-state index in [-0.39, 0.29) is 18.5 Å². The van der Waals surface area contributed by atoms with Crippen molar-refractivity contribution in [3.8, 4) is 0 Å². The van der Waals surface area contributed by atoms with Crippen molar-refractivity contribution in [1.82, 2.24) is 0 Å². The Morgan fingerprint density at radius 3 is 3.17 bits per heavy atom. The van der Waals surface area contributed by atoms with Gasteiger partial charge in [-0.25, -0.2) is 0 Å². The van der Waals surface area contributed by atoms with Crippen LogP contribution in [-0.4, -0.2) is 35.7 Å². The van der Waals surface area contributed by atoms with Gasteiger partial charge in [-0.2, -0.15) is 0 Å². The fourth-order valence-corrected chi connectivity index (χ4v) is 2.52. The number of thiocarbonyl (C=S) groups is 1. The Labute approximate surface area is 80.7 Å². The molecule has 2 aliphatic heterocycles. The zero-order chi connectivity index (χ0) is 8.55. The molecule has 5 heteroatoms. The molecule has 2 saturated heterocycles. The van der Waals surface area contributed by atoms with Gasteiger partial charge in [-0.1, -0.05) is 11.8 Å². The molecule has 0 saturated carbocycles. The molecule has 0 aliphatic carbocycles. The fraction of sp³-hybridized carbons (Fsp3) is 0.857. The van der Waals surface area contributed by atoms with Crippen molar-refractivity contribution in [2.45, 2.75) is 24.9 Å². The summed E-state index contributed by atoms with van der Waals surface area (Å²) in [5.41, 5.74) is 0.